The first-order chi connectivity index (χ1) is 56.8. The molecule has 618 valence electrons. The van der Waals surface area contributed by atoms with Crippen molar-refractivity contribution in [2.75, 3.05) is 20.3 Å². The molecule has 14 aromatic rings. The number of aromatic carboxylic acids is 1. The Bertz CT molecular complexity index is 5970. The molecule has 3 fully saturated rings. The molecular formula is C89H88B3BrCl5N9O13. The molecule has 0 unspecified atom stereocenters. The van der Waals surface area contributed by atoms with Crippen LogP contribution in [0.5, 0.6) is 5.75 Å². The number of aromatic nitrogens is 9. The van der Waals surface area contributed by atoms with Crippen LogP contribution in [0.4, 0.5) is 0 Å². The third-order valence-electron chi connectivity index (χ3n) is 21.6. The van der Waals surface area contributed by atoms with Crippen molar-refractivity contribution in [1.29, 1.82) is 0 Å². The summed E-state index contributed by atoms with van der Waals surface area (Å²) in [5.41, 5.74) is 4.00. The summed E-state index contributed by atoms with van der Waals surface area (Å²) in [7, 11) is 0.357. The predicted octanol–water partition coefficient (Wildman–Crippen LogP) is 21.7. The Morgan fingerprint density at radius 3 is 1.18 bits per heavy atom. The lowest BCUT2D eigenvalue weighted by molar-refractivity contribution is 0.00578. The van der Waals surface area contributed by atoms with E-state index >= 15 is 0 Å². The first kappa shape index (κ1) is 89.5. The molecule has 0 atom stereocenters. The van der Waals surface area contributed by atoms with E-state index in [0.717, 1.165) is 85.5 Å². The zero-order chi connectivity index (χ0) is 86.4. The summed E-state index contributed by atoms with van der Waals surface area (Å²) in [6, 6.07) is 65.8. The van der Waals surface area contributed by atoms with Gasteiger partial charge in [0.2, 0.25) is 0 Å². The Morgan fingerprint density at radius 1 is 0.417 bits per heavy atom. The third kappa shape index (κ3) is 20.9. The molecule has 0 radical (unpaired) electrons. The van der Waals surface area contributed by atoms with Gasteiger partial charge in [0, 0.05) is 46.3 Å². The number of rotatable bonds is 13. The first-order valence-corrected chi connectivity index (χ1v) is 41.2. The summed E-state index contributed by atoms with van der Waals surface area (Å²) in [6.45, 7) is 29.0. The van der Waals surface area contributed by atoms with Gasteiger partial charge in [-0.05, 0) is 265 Å². The number of carboxylic acid groups (broad SMARTS) is 1. The number of benzene rings is 11. The highest BCUT2D eigenvalue weighted by molar-refractivity contribution is 9.10. The van der Waals surface area contributed by atoms with Gasteiger partial charge in [-0.3, -0.25) is 0 Å². The Kier molecular flexibility index (Phi) is 27.8. The molecule has 3 aliphatic heterocycles. The van der Waals surface area contributed by atoms with Gasteiger partial charge >= 0.3 is 39.0 Å². The standard InChI is InChI=1S/C23H20ClN3O3.C16H18BClO2.C15H12ClN3O2.C13H8ClN3O2.C12H24B2O4.C10H6BrCl/c1-3-30-23(28)21-22(18-7-6-17-13-19(24)9-8-16(17)12-18)27(26-25-21)14-15-4-10-20(29-2)11-5-15;1-15(2)16(3,4)20-17(19-15)13-7-5-12-10-14(18)8-6-11(12)9-13;1-2-21-15(20)14-13(17-19-18-14)11-4-3-10-8-12(16)6-5-9(10)7-11;14-10-4-3-7-5-9(2-1-8(7)6-10)11-12(13(18)19)16-17-15-11;1-9(2)10(3,4)16-13(15-9)14-17-11(5,6)12(7,8)18-14;11-9-3-1-8-6-10(12)4-2-7(8)5-9/h4-13H,3,14H2,1-2H3;5-10H,1-4H3;3-8H,2H2,1H3,(H,17,18,19);1-6H,(H,18,19)(H,15,16,17);1-8H3;1-6H. The minimum Gasteiger partial charge on any atom is -0.497 e. The molecule has 3 aliphatic rings. The van der Waals surface area contributed by atoms with Crippen molar-refractivity contribution in [2.24, 2.45) is 0 Å². The van der Waals surface area contributed by atoms with E-state index in [1.807, 2.05) is 231 Å². The summed E-state index contributed by atoms with van der Waals surface area (Å²) >= 11 is 33.3. The highest BCUT2D eigenvalue weighted by Gasteiger charge is 2.64. The van der Waals surface area contributed by atoms with E-state index in [1.165, 1.54) is 10.8 Å². The summed E-state index contributed by atoms with van der Waals surface area (Å²) < 4.78 is 54.2. The fraction of sp³-hybridized carbons (Fsp3) is 0.270. The van der Waals surface area contributed by atoms with Crippen molar-refractivity contribution in [2.45, 2.75) is 137 Å². The van der Waals surface area contributed by atoms with Crippen LogP contribution in [0.15, 0.2) is 211 Å². The van der Waals surface area contributed by atoms with Gasteiger partial charge in [0.15, 0.2) is 17.1 Å². The molecule has 0 amide bonds. The van der Waals surface area contributed by atoms with Gasteiger partial charge in [0.1, 0.15) is 22.8 Å². The number of ether oxygens (including phenoxy) is 3. The van der Waals surface area contributed by atoms with Crippen molar-refractivity contribution in [3.63, 3.8) is 0 Å². The average Bonchev–Trinajstić information content (AvgIpc) is 1.59. The maximum Gasteiger partial charge on any atom is 0.494 e. The molecule has 11 aromatic carbocycles. The lowest BCUT2D eigenvalue weighted by atomic mass is 9.49. The second-order valence-corrected chi connectivity index (χ2v) is 34.5. The normalized spacial score (nSPS) is 15.6. The van der Waals surface area contributed by atoms with Crippen molar-refractivity contribution < 1.29 is 61.6 Å². The topological polar surface area (TPSA) is 268 Å². The molecule has 3 N–H and O–H groups in total. The molecule has 3 saturated heterocycles. The molecule has 0 bridgehead atoms. The summed E-state index contributed by atoms with van der Waals surface area (Å²) in [6.07, 6.45) is 0. The first-order valence-electron chi connectivity index (χ1n) is 38.5. The monoisotopic (exact) mass is 1780 g/mol. The van der Waals surface area contributed by atoms with Crippen LogP contribution in [-0.4, -0.2) is 144 Å². The van der Waals surface area contributed by atoms with E-state index in [1.54, 1.807) is 37.8 Å². The maximum atomic E-state index is 12.5. The second kappa shape index (κ2) is 37.3. The molecule has 120 heavy (non-hydrogen) atoms. The summed E-state index contributed by atoms with van der Waals surface area (Å²) in [5, 5.41) is 51.8. The minimum atomic E-state index is -1.11. The summed E-state index contributed by atoms with van der Waals surface area (Å²) in [5.74, 6) is -1.32. The number of nitrogens with zero attached hydrogens (tertiary/aromatic N) is 7. The van der Waals surface area contributed by atoms with Crippen molar-refractivity contribution in [3.8, 4) is 39.5 Å². The number of carboxylic acids is 1. The molecule has 31 heteroatoms. The predicted molar refractivity (Wildman–Crippen MR) is 481 cm³/mol. The number of aromatic amines is 2. The van der Waals surface area contributed by atoms with Crippen molar-refractivity contribution in [1.82, 2.24) is 45.8 Å². The zero-order valence-corrected chi connectivity index (χ0v) is 74.1. The number of hydrogen-bond donors (Lipinski definition) is 3. The number of carbonyl (C=O) groups is 3. The Hall–Kier alpha value is -9.77. The fourth-order valence-electron chi connectivity index (χ4n) is 12.9. The third-order valence-corrected chi connectivity index (χ3v) is 23.2. The number of halogens is 6. The molecule has 3 aromatic heterocycles. The molecular weight excluding hydrogens is 1690 g/mol. The van der Waals surface area contributed by atoms with Gasteiger partial charge in [0.05, 0.1) is 60.5 Å². The van der Waals surface area contributed by atoms with E-state index in [9.17, 15) is 14.4 Å². The smallest absolute Gasteiger partial charge is 0.494 e. The molecule has 6 heterocycles. The van der Waals surface area contributed by atoms with Gasteiger partial charge in [-0.2, -0.15) is 20.6 Å². The van der Waals surface area contributed by atoms with Gasteiger partial charge in [-0.15, -0.1) is 15.3 Å². The van der Waals surface area contributed by atoms with Gasteiger partial charge < -0.3 is 47.2 Å². The maximum absolute atomic E-state index is 12.5. The summed E-state index contributed by atoms with van der Waals surface area (Å²) in [4.78, 5) is 35.4. The number of hydrogen-bond acceptors (Lipinski definition) is 18. The lowest BCUT2D eigenvalue weighted by Crippen LogP contribution is -2.41. The molecule has 0 aliphatic carbocycles. The van der Waals surface area contributed by atoms with Crippen molar-refractivity contribution in [3.05, 3.63) is 258 Å². The largest absolute Gasteiger partial charge is 0.497 e. The molecule has 0 spiro atoms. The number of nitrogens with one attached hydrogen (secondary N) is 2. The minimum absolute atomic E-state index is 0.0895. The number of methoxy groups -OCH3 is 1. The van der Waals surface area contributed by atoms with Crippen LogP contribution >= 0.6 is 73.9 Å². The fourth-order valence-corrected chi connectivity index (χ4v) is 14.2. The second-order valence-electron chi connectivity index (χ2n) is 31.4. The lowest BCUT2D eigenvalue weighted by Gasteiger charge is -2.32. The van der Waals surface area contributed by atoms with E-state index in [-0.39, 0.29) is 64.4 Å². The number of carbonyl (C=O) groups excluding carboxylic acids is 2. The zero-order valence-electron chi connectivity index (χ0n) is 68.7. The van der Waals surface area contributed by atoms with Crippen LogP contribution in [0.25, 0.3) is 87.6 Å². The molecule has 0 saturated carbocycles. The SMILES string of the molecule is CC1(C)OB(B2OC(C)(C)C(C)(C)O2)OC1(C)C.CC1(C)OB(c2ccc3cc(Cl)ccc3c2)OC1(C)C.CCOC(=O)c1n[nH]nc1-c1ccc2cc(Cl)ccc2c1.CCOC(=O)c1nnn(Cc2ccc(OC)cc2)c1-c1ccc2cc(Cl)ccc2c1.Clc1ccc2cc(Br)ccc2c1.O=C(O)c1n[nH]nc1-c1ccc2cc(Cl)ccc2c1. The number of fused-ring (bicyclic) bond motifs is 5. The van der Waals surface area contributed by atoms with Crippen LogP contribution in [0.2, 0.25) is 25.1 Å². The van der Waals surface area contributed by atoms with E-state index in [4.69, 9.17) is 105 Å². The highest BCUT2D eigenvalue weighted by atomic mass is 79.9. The van der Waals surface area contributed by atoms with E-state index in [2.05, 4.69) is 103 Å². The van der Waals surface area contributed by atoms with Gasteiger partial charge in [0.25, 0.3) is 0 Å². The Balaban J connectivity index is 0.000000134. The van der Waals surface area contributed by atoms with Crippen LogP contribution < -0.4 is 10.2 Å². The van der Waals surface area contributed by atoms with Crippen LogP contribution in [0.3, 0.4) is 0 Å². The van der Waals surface area contributed by atoms with Crippen LogP contribution in [0.1, 0.15) is 134 Å². The Morgan fingerprint density at radius 2 is 0.758 bits per heavy atom. The van der Waals surface area contributed by atoms with Gasteiger partial charge in [-0.25, -0.2) is 19.1 Å². The number of H-pyrrole nitrogens is 2. The highest BCUT2D eigenvalue weighted by Crippen LogP contribution is 2.44. The average molecular weight is 1780 g/mol. The van der Waals surface area contributed by atoms with Crippen molar-refractivity contribution >= 4 is 172 Å². The Labute approximate surface area is 729 Å². The van der Waals surface area contributed by atoms with E-state index in [0.29, 0.717) is 50.9 Å². The number of esters is 2. The van der Waals surface area contributed by atoms with E-state index < -0.39 is 31.9 Å². The quantitative estimate of drug-likeness (QED) is 0.0715. The molecule has 22 nitrogen and oxygen atoms in total. The van der Waals surface area contributed by atoms with Crippen LogP contribution in [-0.2, 0) is 43.9 Å². The van der Waals surface area contributed by atoms with Gasteiger partial charge in [-0.1, -0.05) is 182 Å². The molecule has 17 rings (SSSR count). The van der Waals surface area contributed by atoms with Crippen LogP contribution in [0, 0.1) is 0 Å².